The molecule has 0 radical (unpaired) electrons. The second-order valence-corrected chi connectivity index (χ2v) is 8.10. The average Bonchev–Trinajstić information content (AvgIpc) is 2.65. The number of nitrogens with zero attached hydrogens (tertiary/aromatic N) is 1. The molecule has 2 aromatic carbocycles. The fourth-order valence-electron chi connectivity index (χ4n) is 3.31. The molecule has 1 aliphatic heterocycles. The molecule has 9 heteroatoms. The number of hydrogen-bond donors (Lipinski definition) is 1. The molecule has 1 fully saturated rings. The van der Waals surface area contributed by atoms with Crippen LogP contribution in [0.3, 0.4) is 0 Å². The van der Waals surface area contributed by atoms with Gasteiger partial charge in [-0.2, -0.15) is 13.2 Å². The highest BCUT2D eigenvalue weighted by atomic mass is 35.5. The first-order chi connectivity index (χ1) is 12.9. The summed E-state index contributed by atoms with van der Waals surface area (Å²) in [5.41, 5.74) is 0.962. The van der Waals surface area contributed by atoms with Crippen LogP contribution in [0.5, 0.6) is 0 Å². The molecule has 0 amide bonds. The molecule has 0 spiro atoms. The topological polar surface area (TPSA) is 15.3 Å². The van der Waals surface area contributed by atoms with E-state index in [2.05, 4.69) is 10.2 Å². The normalized spacial score (nSPS) is 15.9. The van der Waals surface area contributed by atoms with Gasteiger partial charge in [-0.15, -0.1) is 24.8 Å². The second-order valence-electron chi connectivity index (χ2n) is 6.55. The van der Waals surface area contributed by atoms with Crippen LogP contribution in [0.4, 0.5) is 13.2 Å². The maximum absolute atomic E-state index is 12.9. The molecule has 162 valence electrons. The van der Waals surface area contributed by atoms with Crippen molar-refractivity contribution < 1.29 is 13.2 Å². The maximum atomic E-state index is 12.9. The summed E-state index contributed by atoms with van der Waals surface area (Å²) in [5.74, 6) is 0. The van der Waals surface area contributed by atoms with Crippen molar-refractivity contribution in [2.45, 2.75) is 34.9 Å². The predicted molar refractivity (Wildman–Crippen MR) is 119 cm³/mol. The molecule has 2 nitrogen and oxygen atoms in total. The van der Waals surface area contributed by atoms with E-state index in [4.69, 9.17) is 11.6 Å². The standard InChI is InChI=1S/C20H22ClF3N2S.2ClH/c21-15-5-7-16(8-6-15)27-19-4-2-1-3-17(19)18(9-10-20(22,23)24)26-13-11-25-12-14-26;;/h1-8,18,25H,9-14H2;2*1H/t18-;;/m1../s1. The van der Waals surface area contributed by atoms with E-state index in [1.807, 2.05) is 48.5 Å². The number of nitrogens with one attached hydrogen (secondary N) is 1. The van der Waals surface area contributed by atoms with Gasteiger partial charge >= 0.3 is 6.18 Å². The average molecular weight is 488 g/mol. The Kier molecular flexibility index (Phi) is 11.2. The first kappa shape index (κ1) is 26.4. The lowest BCUT2D eigenvalue weighted by Gasteiger charge is -2.36. The molecule has 0 saturated carbocycles. The Morgan fingerprint density at radius 3 is 2.24 bits per heavy atom. The number of rotatable bonds is 6. The fraction of sp³-hybridized carbons (Fsp3) is 0.400. The van der Waals surface area contributed by atoms with Crippen LogP contribution in [0.25, 0.3) is 0 Å². The Balaban J connectivity index is 0.00000210. The smallest absolute Gasteiger partial charge is 0.314 e. The summed E-state index contributed by atoms with van der Waals surface area (Å²) < 4.78 is 38.8. The molecule has 0 aliphatic carbocycles. The van der Waals surface area contributed by atoms with Crippen LogP contribution in [-0.2, 0) is 0 Å². The van der Waals surface area contributed by atoms with Gasteiger partial charge in [-0.1, -0.05) is 41.6 Å². The van der Waals surface area contributed by atoms with Crippen molar-refractivity contribution in [3.63, 3.8) is 0 Å². The summed E-state index contributed by atoms with van der Waals surface area (Å²) in [5, 5.41) is 3.93. The molecule has 0 unspecified atom stereocenters. The van der Waals surface area contributed by atoms with Crippen molar-refractivity contribution in [1.82, 2.24) is 10.2 Å². The highest BCUT2D eigenvalue weighted by molar-refractivity contribution is 7.99. The summed E-state index contributed by atoms with van der Waals surface area (Å²) in [6, 6.07) is 15.0. The molecular weight excluding hydrogens is 464 g/mol. The van der Waals surface area contributed by atoms with Crippen LogP contribution in [0.2, 0.25) is 5.02 Å². The molecule has 3 rings (SSSR count). The highest BCUT2D eigenvalue weighted by Gasteiger charge is 2.32. The minimum atomic E-state index is -4.15. The first-order valence-electron chi connectivity index (χ1n) is 8.96. The lowest BCUT2D eigenvalue weighted by molar-refractivity contribution is -0.138. The molecule has 1 aliphatic rings. The molecule has 1 atom stereocenters. The Labute approximate surface area is 191 Å². The molecule has 29 heavy (non-hydrogen) atoms. The number of benzene rings is 2. The quantitative estimate of drug-likeness (QED) is 0.493. The highest BCUT2D eigenvalue weighted by Crippen LogP contribution is 2.39. The molecule has 0 aromatic heterocycles. The lowest BCUT2D eigenvalue weighted by Crippen LogP contribution is -2.45. The Morgan fingerprint density at radius 1 is 1.00 bits per heavy atom. The van der Waals surface area contributed by atoms with E-state index in [0.717, 1.165) is 41.5 Å². The van der Waals surface area contributed by atoms with Gasteiger partial charge in [-0.05, 0) is 42.3 Å². The van der Waals surface area contributed by atoms with E-state index in [1.165, 1.54) is 0 Å². The van der Waals surface area contributed by atoms with Crippen LogP contribution >= 0.6 is 48.2 Å². The lowest BCUT2D eigenvalue weighted by atomic mass is 9.99. The van der Waals surface area contributed by atoms with Crippen molar-refractivity contribution in [1.29, 1.82) is 0 Å². The molecule has 1 saturated heterocycles. The van der Waals surface area contributed by atoms with E-state index in [0.29, 0.717) is 5.02 Å². The number of alkyl halides is 3. The van der Waals surface area contributed by atoms with E-state index >= 15 is 0 Å². The van der Waals surface area contributed by atoms with E-state index in [9.17, 15) is 13.2 Å². The third kappa shape index (κ3) is 8.19. The van der Waals surface area contributed by atoms with Gasteiger partial charge in [0, 0.05) is 53.5 Å². The van der Waals surface area contributed by atoms with Crippen molar-refractivity contribution in [3.8, 4) is 0 Å². The van der Waals surface area contributed by atoms with Crippen LogP contribution in [-0.4, -0.2) is 37.3 Å². The van der Waals surface area contributed by atoms with Gasteiger partial charge in [0.15, 0.2) is 0 Å². The number of halogens is 6. The van der Waals surface area contributed by atoms with Crippen LogP contribution in [0.15, 0.2) is 58.3 Å². The number of piperazine rings is 1. The monoisotopic (exact) mass is 486 g/mol. The predicted octanol–water partition coefficient (Wildman–Crippen LogP) is 6.62. The SMILES string of the molecule is Cl.Cl.FC(F)(F)CC[C@H](c1ccccc1Sc1ccc(Cl)cc1)N1CCNCC1. The molecule has 1 N–H and O–H groups in total. The van der Waals surface area contributed by atoms with Gasteiger partial charge in [0.05, 0.1) is 0 Å². The van der Waals surface area contributed by atoms with Gasteiger partial charge in [0.2, 0.25) is 0 Å². The summed E-state index contributed by atoms with van der Waals surface area (Å²) in [4.78, 5) is 4.18. The summed E-state index contributed by atoms with van der Waals surface area (Å²) in [6.45, 7) is 3.11. The van der Waals surface area contributed by atoms with E-state index < -0.39 is 12.6 Å². The zero-order valence-corrected chi connectivity index (χ0v) is 18.8. The zero-order chi connectivity index (χ0) is 19.3. The first-order valence-corrected chi connectivity index (χ1v) is 10.2. The summed E-state index contributed by atoms with van der Waals surface area (Å²) in [7, 11) is 0. The second kappa shape index (κ2) is 12.3. The number of hydrogen-bond acceptors (Lipinski definition) is 3. The van der Waals surface area contributed by atoms with E-state index in [1.54, 1.807) is 11.8 Å². The van der Waals surface area contributed by atoms with Gasteiger partial charge in [-0.3, -0.25) is 4.90 Å². The van der Waals surface area contributed by atoms with Crippen molar-refractivity contribution in [2.24, 2.45) is 0 Å². The van der Waals surface area contributed by atoms with Crippen LogP contribution in [0.1, 0.15) is 24.4 Å². The Bertz CT molecular complexity index is 738. The summed E-state index contributed by atoms with van der Waals surface area (Å²) in [6.07, 6.45) is -4.85. The summed E-state index contributed by atoms with van der Waals surface area (Å²) >= 11 is 7.52. The minimum Gasteiger partial charge on any atom is -0.314 e. The Hall–Kier alpha value is -0.630. The van der Waals surface area contributed by atoms with Crippen LogP contribution in [0, 0.1) is 0 Å². The van der Waals surface area contributed by atoms with Crippen molar-refractivity contribution in [2.75, 3.05) is 26.2 Å². The largest absolute Gasteiger partial charge is 0.389 e. The zero-order valence-electron chi connectivity index (χ0n) is 15.6. The Morgan fingerprint density at radius 2 is 1.62 bits per heavy atom. The van der Waals surface area contributed by atoms with E-state index in [-0.39, 0.29) is 37.3 Å². The third-order valence-electron chi connectivity index (χ3n) is 4.61. The van der Waals surface area contributed by atoms with Gasteiger partial charge in [-0.25, -0.2) is 0 Å². The van der Waals surface area contributed by atoms with Gasteiger partial charge in [0.1, 0.15) is 0 Å². The minimum absolute atomic E-state index is 0. The molecule has 0 bridgehead atoms. The third-order valence-corrected chi connectivity index (χ3v) is 5.96. The van der Waals surface area contributed by atoms with Crippen molar-refractivity contribution >= 4 is 48.2 Å². The maximum Gasteiger partial charge on any atom is 0.389 e. The van der Waals surface area contributed by atoms with Gasteiger partial charge in [0.25, 0.3) is 0 Å². The van der Waals surface area contributed by atoms with Gasteiger partial charge < -0.3 is 5.32 Å². The van der Waals surface area contributed by atoms with Crippen molar-refractivity contribution in [3.05, 3.63) is 59.1 Å². The molecule has 1 heterocycles. The van der Waals surface area contributed by atoms with Crippen LogP contribution < -0.4 is 5.32 Å². The fourth-order valence-corrected chi connectivity index (χ4v) is 4.43. The molecule has 2 aromatic rings. The molecular formula is C20H24Cl3F3N2S.